The van der Waals surface area contributed by atoms with Crippen LogP contribution in [0.15, 0.2) is 21.5 Å². The van der Waals surface area contributed by atoms with Gasteiger partial charge in [0, 0.05) is 12.6 Å². The number of aryl methyl sites for hydroxylation is 1. The summed E-state index contributed by atoms with van der Waals surface area (Å²) in [6, 6.07) is 3.73. The lowest BCUT2D eigenvalue weighted by molar-refractivity contribution is -0.122. The monoisotopic (exact) mass is 281 g/mol. The molecule has 1 aliphatic heterocycles. The third kappa shape index (κ3) is 2.84. The Bertz CT molecular complexity index is 517. The Morgan fingerprint density at radius 1 is 1.50 bits per heavy atom. The highest BCUT2D eigenvalue weighted by atomic mass is 32.2. The van der Waals surface area contributed by atoms with Crippen LogP contribution in [0, 0.1) is 12.8 Å². The first-order valence-corrected chi connectivity index (χ1v) is 7.01. The van der Waals surface area contributed by atoms with E-state index < -0.39 is 0 Å². The molecule has 1 amide bonds. The maximum absolute atomic E-state index is 12.2. The van der Waals surface area contributed by atoms with E-state index in [1.165, 1.54) is 11.8 Å². The van der Waals surface area contributed by atoms with Gasteiger partial charge in [0.1, 0.15) is 15.8 Å². The second kappa shape index (κ2) is 5.28. The molecule has 0 aliphatic carbocycles. The largest absolute Gasteiger partial charge is 0.462 e. The van der Waals surface area contributed by atoms with Crippen molar-refractivity contribution in [2.75, 3.05) is 6.54 Å². The maximum atomic E-state index is 12.2. The van der Waals surface area contributed by atoms with Gasteiger partial charge in [-0.2, -0.15) is 0 Å². The van der Waals surface area contributed by atoms with Gasteiger partial charge in [-0.3, -0.25) is 9.69 Å². The van der Waals surface area contributed by atoms with Crippen molar-refractivity contribution in [1.82, 2.24) is 4.90 Å². The number of hydrogen-bond acceptors (Lipinski definition) is 4. The number of hydrogen-bond donors (Lipinski definition) is 0. The fraction of sp³-hybridized carbons (Fsp3) is 0.385. The van der Waals surface area contributed by atoms with E-state index in [0.717, 1.165) is 5.76 Å². The molecule has 1 aromatic heterocycles. The number of carbonyl (C=O) groups excluding carboxylic acids is 1. The van der Waals surface area contributed by atoms with Gasteiger partial charge < -0.3 is 4.42 Å². The van der Waals surface area contributed by atoms with Gasteiger partial charge in [-0.15, -0.1) is 0 Å². The number of nitrogens with zero attached hydrogens (tertiary/aromatic N) is 1. The number of thioether (sulfide) groups is 1. The maximum Gasteiger partial charge on any atom is 0.266 e. The summed E-state index contributed by atoms with van der Waals surface area (Å²) in [5.41, 5.74) is 0. The summed E-state index contributed by atoms with van der Waals surface area (Å²) in [6.07, 6.45) is 1.76. The second-order valence-electron chi connectivity index (χ2n) is 4.63. The highest BCUT2D eigenvalue weighted by molar-refractivity contribution is 8.26. The SMILES string of the molecule is Cc1ccc(C=C2SC(=S)N(CC(C)C)C2=O)o1. The van der Waals surface area contributed by atoms with Crippen LogP contribution in [0.1, 0.15) is 25.4 Å². The lowest BCUT2D eigenvalue weighted by Crippen LogP contribution is -2.31. The minimum absolute atomic E-state index is 0.0206. The zero-order valence-corrected chi connectivity index (χ0v) is 12.2. The number of rotatable bonds is 3. The van der Waals surface area contributed by atoms with E-state index in [4.69, 9.17) is 16.6 Å². The Morgan fingerprint density at radius 2 is 2.22 bits per heavy atom. The van der Waals surface area contributed by atoms with Crippen LogP contribution >= 0.6 is 24.0 Å². The Labute approximate surface area is 116 Å². The van der Waals surface area contributed by atoms with Crippen LogP contribution in [-0.2, 0) is 4.79 Å². The molecule has 18 heavy (non-hydrogen) atoms. The number of thiocarbonyl (C=S) groups is 1. The predicted molar refractivity (Wildman–Crippen MR) is 78.2 cm³/mol. The van der Waals surface area contributed by atoms with Crippen molar-refractivity contribution >= 4 is 40.3 Å². The van der Waals surface area contributed by atoms with Crippen molar-refractivity contribution in [3.63, 3.8) is 0 Å². The van der Waals surface area contributed by atoms with Crippen molar-refractivity contribution in [2.24, 2.45) is 5.92 Å². The van der Waals surface area contributed by atoms with E-state index in [-0.39, 0.29) is 5.91 Å². The molecule has 0 saturated carbocycles. The van der Waals surface area contributed by atoms with Crippen LogP contribution in [0.5, 0.6) is 0 Å². The summed E-state index contributed by atoms with van der Waals surface area (Å²) in [4.78, 5) is 14.5. The summed E-state index contributed by atoms with van der Waals surface area (Å²) in [5, 5.41) is 0. The molecule has 2 heterocycles. The zero-order valence-electron chi connectivity index (χ0n) is 10.6. The van der Waals surface area contributed by atoms with Crippen LogP contribution in [0.3, 0.4) is 0 Å². The Balaban J connectivity index is 2.19. The summed E-state index contributed by atoms with van der Waals surface area (Å²) in [5.74, 6) is 1.90. The van der Waals surface area contributed by atoms with Crippen LogP contribution in [0.25, 0.3) is 6.08 Å². The predicted octanol–water partition coefficient (Wildman–Crippen LogP) is 3.45. The summed E-state index contributed by atoms with van der Waals surface area (Å²) in [6.45, 7) is 6.68. The van der Waals surface area contributed by atoms with E-state index in [2.05, 4.69) is 13.8 Å². The van der Waals surface area contributed by atoms with Crippen molar-refractivity contribution in [3.8, 4) is 0 Å². The van der Waals surface area contributed by atoms with Crippen LogP contribution in [0.4, 0.5) is 0 Å². The lowest BCUT2D eigenvalue weighted by Gasteiger charge is -2.16. The van der Waals surface area contributed by atoms with Gasteiger partial charge in [-0.1, -0.05) is 37.8 Å². The lowest BCUT2D eigenvalue weighted by atomic mass is 10.2. The molecule has 0 radical (unpaired) electrons. The summed E-state index contributed by atoms with van der Waals surface area (Å²) in [7, 11) is 0. The van der Waals surface area contributed by atoms with E-state index in [0.29, 0.717) is 27.4 Å². The van der Waals surface area contributed by atoms with Gasteiger partial charge in [-0.25, -0.2) is 0 Å². The molecule has 1 aliphatic rings. The molecule has 0 bridgehead atoms. The van der Waals surface area contributed by atoms with E-state index >= 15 is 0 Å². The first-order chi connectivity index (χ1) is 8.47. The minimum atomic E-state index is -0.0206. The van der Waals surface area contributed by atoms with Crippen molar-refractivity contribution in [3.05, 3.63) is 28.6 Å². The molecule has 0 spiro atoms. The first-order valence-electron chi connectivity index (χ1n) is 5.79. The van der Waals surface area contributed by atoms with E-state index in [1.807, 2.05) is 19.1 Å². The molecule has 1 saturated heterocycles. The van der Waals surface area contributed by atoms with Gasteiger partial charge >= 0.3 is 0 Å². The number of carbonyl (C=O) groups is 1. The van der Waals surface area contributed by atoms with Crippen molar-refractivity contribution < 1.29 is 9.21 Å². The standard InChI is InChI=1S/C13H15NO2S2/c1-8(2)7-14-12(15)11(18-13(14)17)6-10-5-4-9(3)16-10/h4-6,8H,7H2,1-3H3. The zero-order chi connectivity index (χ0) is 13.3. The fourth-order valence-corrected chi connectivity index (χ4v) is 2.94. The molecule has 0 atom stereocenters. The fourth-order valence-electron chi connectivity index (χ4n) is 1.68. The molecular formula is C13H15NO2S2. The van der Waals surface area contributed by atoms with Crippen LogP contribution in [-0.4, -0.2) is 21.7 Å². The summed E-state index contributed by atoms with van der Waals surface area (Å²) >= 11 is 6.57. The number of amides is 1. The second-order valence-corrected chi connectivity index (χ2v) is 6.31. The van der Waals surface area contributed by atoms with Gasteiger partial charge in [0.05, 0.1) is 4.91 Å². The highest BCUT2D eigenvalue weighted by Crippen LogP contribution is 2.33. The van der Waals surface area contributed by atoms with E-state index in [1.54, 1.807) is 11.0 Å². The van der Waals surface area contributed by atoms with E-state index in [9.17, 15) is 4.79 Å². The molecule has 2 rings (SSSR count). The topological polar surface area (TPSA) is 33.5 Å². The molecule has 5 heteroatoms. The van der Waals surface area contributed by atoms with Gasteiger partial charge in [0.2, 0.25) is 0 Å². The first kappa shape index (κ1) is 13.4. The average Bonchev–Trinajstić information content (AvgIpc) is 2.78. The van der Waals surface area contributed by atoms with Gasteiger partial charge in [0.25, 0.3) is 5.91 Å². The molecule has 1 fully saturated rings. The molecule has 96 valence electrons. The molecule has 3 nitrogen and oxygen atoms in total. The molecule has 0 unspecified atom stereocenters. The van der Waals surface area contributed by atoms with Gasteiger partial charge in [-0.05, 0) is 25.0 Å². The highest BCUT2D eigenvalue weighted by Gasteiger charge is 2.32. The van der Waals surface area contributed by atoms with Crippen LogP contribution in [0.2, 0.25) is 0 Å². The third-order valence-electron chi connectivity index (χ3n) is 2.46. The van der Waals surface area contributed by atoms with Crippen molar-refractivity contribution in [1.29, 1.82) is 0 Å². The molecule has 0 aromatic carbocycles. The molecule has 0 N–H and O–H groups in total. The Kier molecular flexibility index (Phi) is 3.92. The average molecular weight is 281 g/mol. The quantitative estimate of drug-likeness (QED) is 0.627. The molecule has 1 aromatic rings. The smallest absolute Gasteiger partial charge is 0.266 e. The molecular weight excluding hydrogens is 266 g/mol. The number of furan rings is 1. The van der Waals surface area contributed by atoms with Gasteiger partial charge in [0.15, 0.2) is 0 Å². The Hall–Kier alpha value is -1.07. The normalized spacial score (nSPS) is 18.4. The minimum Gasteiger partial charge on any atom is -0.462 e. The third-order valence-corrected chi connectivity index (χ3v) is 3.83. The summed E-state index contributed by atoms with van der Waals surface area (Å²) < 4.78 is 6.07. The van der Waals surface area contributed by atoms with Crippen LogP contribution < -0.4 is 0 Å². The van der Waals surface area contributed by atoms with Crippen molar-refractivity contribution in [2.45, 2.75) is 20.8 Å². The Morgan fingerprint density at radius 3 is 2.78 bits per heavy atom.